The zero-order valence-electron chi connectivity index (χ0n) is 12.1. The van der Waals surface area contributed by atoms with Gasteiger partial charge in [-0.1, -0.05) is 32.0 Å². The van der Waals surface area contributed by atoms with Crippen molar-refractivity contribution in [3.8, 4) is 0 Å². The van der Waals surface area contributed by atoms with Gasteiger partial charge in [-0.05, 0) is 12.8 Å². The molecule has 0 saturated carbocycles. The number of benzene rings is 1. The Balaban J connectivity index is 2.31. The van der Waals surface area contributed by atoms with Crippen LogP contribution in [-0.2, 0) is 11.3 Å². The molecule has 2 rings (SSSR count). The maximum absolute atomic E-state index is 12.4. The second kappa shape index (κ2) is 5.16. The van der Waals surface area contributed by atoms with Gasteiger partial charge in [0.1, 0.15) is 5.54 Å². The number of hydrogen-bond donors (Lipinski definition) is 1. The summed E-state index contributed by atoms with van der Waals surface area (Å²) in [6.45, 7) is 5.24. The highest BCUT2D eigenvalue weighted by molar-refractivity contribution is 6.06. The van der Waals surface area contributed by atoms with Crippen molar-refractivity contribution < 1.29 is 14.5 Å². The minimum atomic E-state index is -0.972. The van der Waals surface area contributed by atoms with Crippen LogP contribution in [0.3, 0.4) is 0 Å². The fraction of sp³-hybridized carbons (Fsp3) is 0.429. The van der Waals surface area contributed by atoms with E-state index in [-0.39, 0.29) is 24.1 Å². The van der Waals surface area contributed by atoms with Gasteiger partial charge in [-0.15, -0.1) is 0 Å². The van der Waals surface area contributed by atoms with Crippen LogP contribution < -0.4 is 5.32 Å². The van der Waals surface area contributed by atoms with Gasteiger partial charge in [0.25, 0.3) is 11.6 Å². The Morgan fingerprint density at radius 1 is 1.33 bits per heavy atom. The molecule has 1 aliphatic heterocycles. The predicted molar refractivity (Wildman–Crippen MR) is 75.4 cm³/mol. The number of nitrogens with one attached hydrogen (secondary N) is 1. The van der Waals surface area contributed by atoms with E-state index >= 15 is 0 Å². The lowest BCUT2D eigenvalue weighted by Crippen LogP contribution is -2.48. The van der Waals surface area contributed by atoms with Crippen molar-refractivity contribution >= 4 is 17.6 Å². The number of rotatable bonds is 4. The highest BCUT2D eigenvalue weighted by Crippen LogP contribution is 2.28. The van der Waals surface area contributed by atoms with Crippen LogP contribution in [0.15, 0.2) is 24.3 Å². The predicted octanol–water partition coefficient (Wildman–Crippen LogP) is 2.06. The van der Waals surface area contributed by atoms with E-state index in [1.165, 1.54) is 6.07 Å². The average molecular weight is 291 g/mol. The third-order valence-electron chi connectivity index (χ3n) is 3.97. The molecule has 1 saturated heterocycles. The van der Waals surface area contributed by atoms with Gasteiger partial charge in [-0.25, -0.2) is 4.79 Å². The summed E-state index contributed by atoms with van der Waals surface area (Å²) >= 11 is 0. The van der Waals surface area contributed by atoms with Crippen LogP contribution in [0.4, 0.5) is 10.5 Å². The smallest absolute Gasteiger partial charge is 0.323 e. The molecule has 7 nitrogen and oxygen atoms in total. The van der Waals surface area contributed by atoms with Gasteiger partial charge in [0.2, 0.25) is 0 Å². The van der Waals surface area contributed by atoms with Crippen LogP contribution in [0.25, 0.3) is 0 Å². The van der Waals surface area contributed by atoms with Crippen molar-refractivity contribution in [2.75, 3.05) is 0 Å². The number of carbonyl (C=O) groups is 2. The van der Waals surface area contributed by atoms with E-state index in [1.54, 1.807) is 25.1 Å². The Morgan fingerprint density at radius 2 is 1.95 bits per heavy atom. The van der Waals surface area contributed by atoms with Gasteiger partial charge in [-0.3, -0.25) is 19.8 Å². The van der Waals surface area contributed by atoms with Crippen LogP contribution in [0.2, 0.25) is 0 Å². The molecule has 3 amide bonds. The first-order valence-electron chi connectivity index (χ1n) is 6.63. The van der Waals surface area contributed by atoms with E-state index in [0.717, 1.165) is 4.90 Å². The normalized spacial score (nSPS) is 21.8. The molecule has 0 unspecified atom stereocenters. The fourth-order valence-electron chi connectivity index (χ4n) is 2.24. The summed E-state index contributed by atoms with van der Waals surface area (Å²) in [6, 6.07) is 5.57. The van der Waals surface area contributed by atoms with Crippen molar-refractivity contribution in [1.82, 2.24) is 10.2 Å². The summed E-state index contributed by atoms with van der Waals surface area (Å²) in [4.78, 5) is 36.0. The van der Waals surface area contributed by atoms with Crippen molar-refractivity contribution in [2.24, 2.45) is 5.92 Å². The molecule has 0 aliphatic carbocycles. The molecule has 1 N–H and O–H groups in total. The number of para-hydroxylation sites is 1. The SMILES string of the molecule is CC(C)[C@]1(C)NC(=O)N(Cc2ccccc2[N+](=O)[O-])C1=O. The van der Waals surface area contributed by atoms with Gasteiger partial charge in [-0.2, -0.15) is 0 Å². The van der Waals surface area contributed by atoms with Gasteiger partial charge in [0.05, 0.1) is 11.5 Å². The van der Waals surface area contributed by atoms with Crippen LogP contribution in [0.5, 0.6) is 0 Å². The molecule has 0 aromatic heterocycles. The summed E-state index contributed by atoms with van der Waals surface area (Å²) in [5.74, 6) is -0.439. The van der Waals surface area contributed by atoms with Gasteiger partial charge in [0, 0.05) is 11.6 Å². The van der Waals surface area contributed by atoms with Gasteiger partial charge in [0.15, 0.2) is 0 Å². The minimum absolute atomic E-state index is 0.0790. The molecule has 1 heterocycles. The Bertz CT molecular complexity index is 614. The zero-order chi connectivity index (χ0) is 15.8. The number of carbonyl (C=O) groups excluding carboxylic acids is 2. The number of amides is 3. The van der Waals surface area contributed by atoms with Gasteiger partial charge < -0.3 is 5.32 Å². The van der Waals surface area contributed by atoms with E-state index in [0.29, 0.717) is 5.56 Å². The molecule has 0 bridgehead atoms. The average Bonchev–Trinajstić information content (AvgIpc) is 2.64. The maximum atomic E-state index is 12.4. The molecular weight excluding hydrogens is 274 g/mol. The van der Waals surface area contributed by atoms with E-state index < -0.39 is 16.5 Å². The third-order valence-corrected chi connectivity index (χ3v) is 3.97. The molecule has 7 heteroatoms. The van der Waals surface area contributed by atoms with Crippen LogP contribution in [0.1, 0.15) is 26.3 Å². The summed E-state index contributed by atoms with van der Waals surface area (Å²) in [5.41, 5.74) is -0.740. The quantitative estimate of drug-likeness (QED) is 0.522. The largest absolute Gasteiger partial charge is 0.325 e. The lowest BCUT2D eigenvalue weighted by Gasteiger charge is -2.25. The molecule has 112 valence electrons. The summed E-state index contributed by atoms with van der Waals surface area (Å²) in [6.07, 6.45) is 0. The first-order valence-corrected chi connectivity index (χ1v) is 6.63. The second-order valence-corrected chi connectivity index (χ2v) is 5.56. The highest BCUT2D eigenvalue weighted by Gasteiger charge is 2.49. The summed E-state index contributed by atoms with van der Waals surface area (Å²) < 4.78 is 0. The lowest BCUT2D eigenvalue weighted by molar-refractivity contribution is -0.385. The molecular formula is C14H17N3O4. The number of imide groups is 1. The number of hydrogen-bond acceptors (Lipinski definition) is 4. The molecule has 1 aliphatic rings. The number of nitro benzene ring substituents is 1. The van der Waals surface area contributed by atoms with E-state index in [1.807, 2.05) is 13.8 Å². The third kappa shape index (κ3) is 2.46. The minimum Gasteiger partial charge on any atom is -0.323 e. The molecule has 0 radical (unpaired) electrons. The molecule has 1 atom stereocenters. The highest BCUT2D eigenvalue weighted by atomic mass is 16.6. The molecule has 21 heavy (non-hydrogen) atoms. The maximum Gasteiger partial charge on any atom is 0.325 e. The Kier molecular flexibility index (Phi) is 3.67. The lowest BCUT2D eigenvalue weighted by atomic mass is 9.88. The summed E-state index contributed by atoms with van der Waals surface area (Å²) in [7, 11) is 0. The fourth-order valence-corrected chi connectivity index (χ4v) is 2.24. The standard InChI is InChI=1S/C14H17N3O4/c1-9(2)14(3)12(18)16(13(19)15-14)8-10-6-4-5-7-11(10)17(20)21/h4-7,9H,8H2,1-3H3,(H,15,19)/t14-/m0/s1. The first kappa shape index (κ1) is 15.0. The topological polar surface area (TPSA) is 92.6 Å². The summed E-state index contributed by atoms with van der Waals surface area (Å²) in [5, 5.41) is 13.7. The Hall–Kier alpha value is -2.44. The van der Waals surface area contributed by atoms with Crippen molar-refractivity contribution in [3.05, 3.63) is 39.9 Å². The Morgan fingerprint density at radius 3 is 2.48 bits per heavy atom. The molecule has 0 spiro atoms. The van der Waals surface area contributed by atoms with Crippen LogP contribution >= 0.6 is 0 Å². The van der Waals surface area contributed by atoms with Crippen molar-refractivity contribution in [1.29, 1.82) is 0 Å². The molecule has 1 fully saturated rings. The Labute approximate surface area is 122 Å². The monoisotopic (exact) mass is 291 g/mol. The van der Waals surface area contributed by atoms with Gasteiger partial charge >= 0.3 is 6.03 Å². The van der Waals surface area contributed by atoms with E-state index in [9.17, 15) is 19.7 Å². The number of nitrogens with zero attached hydrogens (tertiary/aromatic N) is 2. The van der Waals surface area contributed by atoms with Crippen LogP contribution in [0, 0.1) is 16.0 Å². The van der Waals surface area contributed by atoms with Crippen LogP contribution in [-0.4, -0.2) is 27.3 Å². The zero-order valence-corrected chi connectivity index (χ0v) is 12.1. The van der Waals surface area contributed by atoms with E-state index in [4.69, 9.17) is 0 Å². The van der Waals surface area contributed by atoms with Crippen molar-refractivity contribution in [3.63, 3.8) is 0 Å². The molecule has 1 aromatic carbocycles. The second-order valence-electron chi connectivity index (χ2n) is 5.56. The van der Waals surface area contributed by atoms with Crippen molar-refractivity contribution in [2.45, 2.75) is 32.9 Å². The number of nitro groups is 1. The molecule has 1 aromatic rings. The first-order chi connectivity index (χ1) is 9.77. The van der Waals surface area contributed by atoms with E-state index in [2.05, 4.69) is 5.32 Å². The number of urea groups is 1.